The summed E-state index contributed by atoms with van der Waals surface area (Å²) in [6, 6.07) is 6.59. The molecule has 0 amide bonds. The van der Waals surface area contributed by atoms with Crippen molar-refractivity contribution in [3.05, 3.63) is 70.3 Å². The number of hydrogen-bond donors (Lipinski definition) is 0. The maximum atomic E-state index is 15.2. The van der Waals surface area contributed by atoms with Gasteiger partial charge in [-0.3, -0.25) is 0 Å². The lowest BCUT2D eigenvalue weighted by Crippen LogP contribution is -2.17. The van der Waals surface area contributed by atoms with Gasteiger partial charge in [-0.15, -0.1) is 0 Å². The van der Waals surface area contributed by atoms with Gasteiger partial charge in [-0.05, 0) is 105 Å². The van der Waals surface area contributed by atoms with Gasteiger partial charge in [0.15, 0.2) is 23.2 Å². The van der Waals surface area contributed by atoms with E-state index in [1.54, 1.807) is 13.0 Å². The van der Waals surface area contributed by atoms with E-state index in [1.807, 2.05) is 18.2 Å². The number of rotatable bonds is 8. The van der Waals surface area contributed by atoms with Gasteiger partial charge >= 0.3 is 0 Å². The highest BCUT2D eigenvalue weighted by atomic mass is 19.2. The van der Waals surface area contributed by atoms with Crippen LogP contribution in [0.1, 0.15) is 107 Å². The molecule has 5 heteroatoms. The van der Waals surface area contributed by atoms with Crippen molar-refractivity contribution in [1.82, 2.24) is 0 Å². The Hall–Kier alpha value is -2.30. The van der Waals surface area contributed by atoms with Crippen LogP contribution in [0.5, 0.6) is 5.75 Å². The summed E-state index contributed by atoms with van der Waals surface area (Å²) in [5.74, 6) is -2.27. The largest absolute Gasteiger partial charge is 0.491 e. The monoisotopic (exact) mass is 502 g/mol. The molecule has 0 radical (unpaired) electrons. The van der Waals surface area contributed by atoms with E-state index in [1.165, 1.54) is 25.0 Å². The summed E-state index contributed by atoms with van der Waals surface area (Å²) in [6.07, 6.45) is 13.1. The molecule has 0 aliphatic heterocycles. The van der Waals surface area contributed by atoms with Crippen LogP contribution in [0.4, 0.5) is 17.6 Å². The zero-order valence-electron chi connectivity index (χ0n) is 21.5. The molecule has 1 nitrogen and oxygen atoms in total. The average Bonchev–Trinajstić information content (AvgIpc) is 2.89. The van der Waals surface area contributed by atoms with Crippen molar-refractivity contribution in [1.29, 1.82) is 0 Å². The summed E-state index contributed by atoms with van der Waals surface area (Å²) in [4.78, 5) is 0. The van der Waals surface area contributed by atoms with Gasteiger partial charge in [0.1, 0.15) is 0 Å². The zero-order chi connectivity index (χ0) is 25.7. The van der Waals surface area contributed by atoms with Crippen molar-refractivity contribution in [2.24, 2.45) is 11.8 Å². The van der Waals surface area contributed by atoms with E-state index in [2.05, 4.69) is 6.92 Å². The van der Waals surface area contributed by atoms with Gasteiger partial charge in [0.2, 0.25) is 5.82 Å². The molecular formula is C31H38F4O. The van der Waals surface area contributed by atoms with Gasteiger partial charge in [-0.25, -0.2) is 13.2 Å². The van der Waals surface area contributed by atoms with Crippen LogP contribution in [0.3, 0.4) is 0 Å². The van der Waals surface area contributed by atoms with Gasteiger partial charge < -0.3 is 4.74 Å². The van der Waals surface area contributed by atoms with E-state index < -0.39 is 23.3 Å². The lowest BCUT2D eigenvalue weighted by molar-refractivity contribution is 0.302. The first kappa shape index (κ1) is 26.8. The molecule has 2 saturated carbocycles. The fourth-order valence-electron chi connectivity index (χ4n) is 6.19. The third-order valence-electron chi connectivity index (χ3n) is 8.26. The molecule has 2 aromatic carbocycles. The first-order valence-electron chi connectivity index (χ1n) is 13.7. The highest BCUT2D eigenvalue weighted by Crippen LogP contribution is 2.42. The number of benzene rings is 2. The van der Waals surface area contributed by atoms with Crippen LogP contribution in [0, 0.1) is 35.1 Å². The highest BCUT2D eigenvalue weighted by Gasteiger charge is 2.29. The zero-order valence-corrected chi connectivity index (χ0v) is 21.5. The van der Waals surface area contributed by atoms with Crippen molar-refractivity contribution in [2.75, 3.05) is 6.61 Å². The van der Waals surface area contributed by atoms with Crippen LogP contribution in [-0.2, 0) is 0 Å². The molecule has 36 heavy (non-hydrogen) atoms. The molecule has 0 bridgehead atoms. The standard InChI is InChI=1S/C31H38F4O/c1-3-5-20-6-11-22(12-7-20)25-17-18-26(30(34)29(25)33)23-13-8-21(9-14-23)10-15-24-16-19-27(36-4-2)31(35)28(24)32/h10,15-23H,3-9,11-14H2,1-2H3. The molecular weight excluding hydrogens is 464 g/mol. The summed E-state index contributed by atoms with van der Waals surface area (Å²) in [5, 5.41) is 0. The average molecular weight is 503 g/mol. The summed E-state index contributed by atoms with van der Waals surface area (Å²) < 4.78 is 63.8. The molecule has 0 unspecified atom stereocenters. The molecule has 2 fully saturated rings. The first-order chi connectivity index (χ1) is 17.4. The Balaban J connectivity index is 1.36. The van der Waals surface area contributed by atoms with Crippen molar-refractivity contribution in [3.63, 3.8) is 0 Å². The fourth-order valence-corrected chi connectivity index (χ4v) is 6.19. The Kier molecular flexibility index (Phi) is 9.14. The summed E-state index contributed by atoms with van der Waals surface area (Å²) >= 11 is 0. The van der Waals surface area contributed by atoms with E-state index in [0.717, 1.165) is 57.3 Å². The van der Waals surface area contributed by atoms with Gasteiger partial charge in [-0.2, -0.15) is 4.39 Å². The normalized spacial score (nSPS) is 24.8. The molecule has 0 spiro atoms. The van der Waals surface area contributed by atoms with E-state index in [9.17, 15) is 8.78 Å². The Morgan fingerprint density at radius 3 is 1.86 bits per heavy atom. The number of halogens is 4. The minimum atomic E-state index is -0.974. The summed E-state index contributed by atoms with van der Waals surface area (Å²) in [7, 11) is 0. The second-order valence-electron chi connectivity index (χ2n) is 10.6. The van der Waals surface area contributed by atoms with Crippen LogP contribution in [0.2, 0.25) is 0 Å². The third kappa shape index (κ3) is 5.98. The topological polar surface area (TPSA) is 9.23 Å². The minimum absolute atomic E-state index is 0.0156. The van der Waals surface area contributed by atoms with Crippen molar-refractivity contribution in [2.45, 2.75) is 89.9 Å². The molecule has 2 aromatic rings. The Bertz CT molecular complexity index is 1050. The van der Waals surface area contributed by atoms with E-state index in [4.69, 9.17) is 4.74 Å². The molecule has 4 rings (SSSR count). The van der Waals surface area contributed by atoms with Gasteiger partial charge in [0, 0.05) is 5.56 Å². The smallest absolute Gasteiger partial charge is 0.201 e. The molecule has 0 atom stereocenters. The second kappa shape index (κ2) is 12.3. The van der Waals surface area contributed by atoms with Crippen molar-refractivity contribution < 1.29 is 22.3 Å². The summed E-state index contributed by atoms with van der Waals surface area (Å²) in [5.41, 5.74) is 1.22. The van der Waals surface area contributed by atoms with Crippen LogP contribution in [-0.4, -0.2) is 6.61 Å². The maximum absolute atomic E-state index is 15.2. The van der Waals surface area contributed by atoms with Crippen molar-refractivity contribution >= 4 is 6.08 Å². The molecule has 2 aliphatic carbocycles. The second-order valence-corrected chi connectivity index (χ2v) is 10.6. The number of allylic oxidation sites excluding steroid dienone is 1. The molecule has 0 aromatic heterocycles. The quantitative estimate of drug-likeness (QED) is 0.327. The lowest BCUT2D eigenvalue weighted by atomic mass is 9.75. The number of ether oxygens (including phenoxy) is 1. The lowest BCUT2D eigenvalue weighted by Gasteiger charge is -2.30. The molecule has 2 aliphatic rings. The van der Waals surface area contributed by atoms with E-state index in [-0.39, 0.29) is 35.7 Å². The van der Waals surface area contributed by atoms with Crippen LogP contribution in [0.25, 0.3) is 6.08 Å². The predicted molar refractivity (Wildman–Crippen MR) is 137 cm³/mol. The SMILES string of the molecule is CCCC1CCC(c2ccc(C3CCC(C=Cc4ccc(OCC)c(F)c4F)CC3)c(F)c2F)CC1. The predicted octanol–water partition coefficient (Wildman–Crippen LogP) is 9.70. The number of hydrogen-bond acceptors (Lipinski definition) is 1. The van der Waals surface area contributed by atoms with Gasteiger partial charge in [0.25, 0.3) is 0 Å². The van der Waals surface area contributed by atoms with E-state index >= 15 is 8.78 Å². The first-order valence-corrected chi connectivity index (χ1v) is 13.7. The fraction of sp³-hybridized carbons (Fsp3) is 0.548. The van der Waals surface area contributed by atoms with Crippen LogP contribution < -0.4 is 4.74 Å². The Morgan fingerprint density at radius 2 is 1.31 bits per heavy atom. The van der Waals surface area contributed by atoms with E-state index in [0.29, 0.717) is 11.1 Å². The minimum Gasteiger partial charge on any atom is -0.491 e. The molecule has 0 N–H and O–H groups in total. The van der Waals surface area contributed by atoms with Gasteiger partial charge in [0.05, 0.1) is 6.61 Å². The highest BCUT2D eigenvalue weighted by molar-refractivity contribution is 5.52. The Morgan fingerprint density at radius 1 is 0.722 bits per heavy atom. The molecule has 0 heterocycles. The Labute approximate surface area is 212 Å². The third-order valence-corrected chi connectivity index (χ3v) is 8.26. The molecule has 0 saturated heterocycles. The molecule has 196 valence electrons. The maximum Gasteiger partial charge on any atom is 0.201 e. The summed E-state index contributed by atoms with van der Waals surface area (Å²) in [6.45, 7) is 4.18. The van der Waals surface area contributed by atoms with Crippen molar-refractivity contribution in [3.8, 4) is 5.75 Å². The van der Waals surface area contributed by atoms with Crippen LogP contribution in [0.15, 0.2) is 30.3 Å². The van der Waals surface area contributed by atoms with Gasteiger partial charge in [-0.1, -0.05) is 44.1 Å². The van der Waals surface area contributed by atoms with Crippen LogP contribution >= 0.6 is 0 Å².